The van der Waals surface area contributed by atoms with E-state index < -0.39 is 6.10 Å². The van der Waals surface area contributed by atoms with Gasteiger partial charge in [-0.25, -0.2) is 0 Å². The van der Waals surface area contributed by atoms with E-state index >= 15 is 0 Å². The molecular weight excluding hydrogens is 360 g/mol. The molecule has 0 bridgehead atoms. The molecule has 28 heavy (non-hydrogen) atoms. The zero-order valence-corrected chi connectivity index (χ0v) is 16.1. The van der Waals surface area contributed by atoms with E-state index in [2.05, 4.69) is 10.3 Å². The number of para-hydroxylation sites is 2. The van der Waals surface area contributed by atoms with Gasteiger partial charge in [0, 0.05) is 30.2 Å². The number of aromatic amines is 1. The quantitative estimate of drug-likeness (QED) is 0.439. The summed E-state index contributed by atoms with van der Waals surface area (Å²) >= 11 is 0. The molecule has 3 rings (SSSR count). The van der Waals surface area contributed by atoms with E-state index in [4.69, 9.17) is 18.9 Å². The van der Waals surface area contributed by atoms with Crippen molar-refractivity contribution in [3.05, 3.63) is 48.7 Å². The van der Waals surface area contributed by atoms with Crippen LogP contribution in [0.3, 0.4) is 0 Å². The van der Waals surface area contributed by atoms with Gasteiger partial charge in [0.25, 0.3) is 0 Å². The monoisotopic (exact) mass is 386 g/mol. The lowest BCUT2D eigenvalue weighted by molar-refractivity contribution is 0.104. The van der Waals surface area contributed by atoms with Gasteiger partial charge >= 0.3 is 0 Å². The van der Waals surface area contributed by atoms with Gasteiger partial charge in [-0.2, -0.15) is 0 Å². The minimum Gasteiger partial charge on any atom is -0.493 e. The molecule has 3 N–H and O–H groups in total. The number of ether oxygens (including phenoxy) is 4. The van der Waals surface area contributed by atoms with Crippen LogP contribution in [-0.4, -0.2) is 56.7 Å². The normalized spacial score (nSPS) is 12.0. The van der Waals surface area contributed by atoms with E-state index in [0.717, 1.165) is 10.9 Å². The summed E-state index contributed by atoms with van der Waals surface area (Å²) in [5.41, 5.74) is 0.955. The third kappa shape index (κ3) is 4.88. The molecule has 150 valence electrons. The molecule has 7 nitrogen and oxygen atoms in total. The van der Waals surface area contributed by atoms with Crippen LogP contribution >= 0.6 is 0 Å². The lowest BCUT2D eigenvalue weighted by Gasteiger charge is -2.16. The molecule has 3 aromatic rings. The highest BCUT2D eigenvalue weighted by Gasteiger charge is 2.13. The highest BCUT2D eigenvalue weighted by Crippen LogP contribution is 2.35. The number of aliphatic hydroxyl groups excluding tert-OH is 1. The van der Waals surface area contributed by atoms with Gasteiger partial charge < -0.3 is 34.4 Å². The van der Waals surface area contributed by atoms with Crippen molar-refractivity contribution in [2.24, 2.45) is 0 Å². The van der Waals surface area contributed by atoms with Crippen LogP contribution in [0.5, 0.6) is 23.0 Å². The van der Waals surface area contributed by atoms with Crippen molar-refractivity contribution in [2.75, 3.05) is 40.5 Å². The van der Waals surface area contributed by atoms with Gasteiger partial charge in [0.2, 0.25) is 0 Å². The highest BCUT2D eigenvalue weighted by atomic mass is 16.5. The summed E-state index contributed by atoms with van der Waals surface area (Å²) in [6.07, 6.45) is 1.18. The first-order chi connectivity index (χ1) is 13.7. The van der Waals surface area contributed by atoms with Gasteiger partial charge in [0.05, 0.1) is 14.2 Å². The predicted molar refractivity (Wildman–Crippen MR) is 108 cm³/mol. The molecule has 1 heterocycles. The third-order valence-corrected chi connectivity index (χ3v) is 4.27. The van der Waals surface area contributed by atoms with Crippen LogP contribution in [0.15, 0.2) is 48.7 Å². The maximum Gasteiger partial charge on any atom is 0.170 e. The first kappa shape index (κ1) is 19.9. The summed E-state index contributed by atoms with van der Waals surface area (Å²) in [5.74, 6) is 2.66. The SMILES string of the molecule is COc1ccccc1OCCNC[C@H](O)COc1c(OC)ccc2[nH]ccc12. The van der Waals surface area contributed by atoms with Crippen LogP contribution in [0, 0.1) is 0 Å². The summed E-state index contributed by atoms with van der Waals surface area (Å²) in [6.45, 7) is 1.60. The van der Waals surface area contributed by atoms with Gasteiger partial charge in [-0.3, -0.25) is 0 Å². The Balaban J connectivity index is 1.42. The van der Waals surface area contributed by atoms with Gasteiger partial charge in [0.15, 0.2) is 23.0 Å². The Labute approximate surface area is 164 Å². The van der Waals surface area contributed by atoms with E-state index in [1.54, 1.807) is 14.2 Å². The minimum absolute atomic E-state index is 0.154. The van der Waals surface area contributed by atoms with Crippen molar-refractivity contribution in [1.29, 1.82) is 0 Å². The molecule has 0 saturated heterocycles. The lowest BCUT2D eigenvalue weighted by Crippen LogP contribution is -2.33. The number of nitrogens with one attached hydrogen (secondary N) is 2. The molecule has 0 spiro atoms. The summed E-state index contributed by atoms with van der Waals surface area (Å²) in [7, 11) is 3.21. The number of hydrogen-bond donors (Lipinski definition) is 3. The molecule has 0 radical (unpaired) electrons. The molecule has 0 saturated carbocycles. The van der Waals surface area contributed by atoms with E-state index in [0.29, 0.717) is 42.7 Å². The van der Waals surface area contributed by atoms with Crippen LogP contribution in [-0.2, 0) is 0 Å². The topological polar surface area (TPSA) is 85.0 Å². The molecule has 0 aliphatic rings. The van der Waals surface area contributed by atoms with Crippen molar-refractivity contribution >= 4 is 10.9 Å². The van der Waals surface area contributed by atoms with E-state index in [1.807, 2.05) is 48.7 Å². The van der Waals surface area contributed by atoms with Crippen LogP contribution in [0.2, 0.25) is 0 Å². The zero-order valence-electron chi connectivity index (χ0n) is 16.1. The van der Waals surface area contributed by atoms with E-state index in [-0.39, 0.29) is 6.61 Å². The lowest BCUT2D eigenvalue weighted by atomic mass is 10.2. The summed E-state index contributed by atoms with van der Waals surface area (Å²) in [6, 6.07) is 13.2. The molecule has 7 heteroatoms. The number of aliphatic hydroxyl groups is 1. The fourth-order valence-electron chi connectivity index (χ4n) is 2.87. The Kier molecular flexibility index (Phi) is 7.00. The van der Waals surface area contributed by atoms with Crippen LogP contribution in [0.25, 0.3) is 10.9 Å². The Hall–Kier alpha value is -2.90. The summed E-state index contributed by atoms with van der Waals surface area (Å²) < 4.78 is 22.1. The van der Waals surface area contributed by atoms with Crippen molar-refractivity contribution in [3.8, 4) is 23.0 Å². The number of H-pyrrole nitrogens is 1. The first-order valence-corrected chi connectivity index (χ1v) is 9.14. The average molecular weight is 386 g/mol. The summed E-state index contributed by atoms with van der Waals surface area (Å²) in [5, 5.41) is 14.3. The standard InChI is InChI=1S/C21H26N2O5/c1-25-18-5-3-4-6-19(18)27-12-11-22-13-15(24)14-28-21-16-9-10-23-17(16)7-8-20(21)26-2/h3-10,15,22-24H,11-14H2,1-2H3/t15-/m0/s1. The van der Waals surface area contributed by atoms with Crippen LogP contribution in [0.4, 0.5) is 0 Å². The maximum atomic E-state index is 10.2. The molecule has 1 aromatic heterocycles. The number of fused-ring (bicyclic) bond motifs is 1. The Morgan fingerprint density at radius 2 is 1.75 bits per heavy atom. The number of benzene rings is 2. The van der Waals surface area contributed by atoms with Crippen molar-refractivity contribution < 1.29 is 24.1 Å². The van der Waals surface area contributed by atoms with Crippen molar-refractivity contribution in [2.45, 2.75) is 6.10 Å². The first-order valence-electron chi connectivity index (χ1n) is 9.14. The van der Waals surface area contributed by atoms with Gasteiger partial charge in [0.1, 0.15) is 19.3 Å². The smallest absolute Gasteiger partial charge is 0.170 e. The van der Waals surface area contributed by atoms with Crippen molar-refractivity contribution in [1.82, 2.24) is 10.3 Å². The second kappa shape index (κ2) is 9.87. The molecule has 0 fully saturated rings. The molecule has 1 atom stereocenters. The molecule has 0 aliphatic carbocycles. The Morgan fingerprint density at radius 1 is 0.964 bits per heavy atom. The second-order valence-corrected chi connectivity index (χ2v) is 6.20. The van der Waals surface area contributed by atoms with Gasteiger partial charge in [-0.15, -0.1) is 0 Å². The van der Waals surface area contributed by atoms with Crippen LogP contribution in [0.1, 0.15) is 0 Å². The number of aromatic nitrogens is 1. The Bertz CT molecular complexity index is 880. The fourth-order valence-corrected chi connectivity index (χ4v) is 2.87. The number of hydrogen-bond acceptors (Lipinski definition) is 6. The maximum absolute atomic E-state index is 10.2. The molecule has 0 aliphatic heterocycles. The minimum atomic E-state index is -0.662. The molecular formula is C21H26N2O5. The zero-order chi connectivity index (χ0) is 19.8. The fraction of sp³-hybridized carbons (Fsp3) is 0.333. The largest absolute Gasteiger partial charge is 0.493 e. The van der Waals surface area contributed by atoms with E-state index in [1.165, 1.54) is 0 Å². The van der Waals surface area contributed by atoms with Crippen molar-refractivity contribution in [3.63, 3.8) is 0 Å². The molecule has 0 unspecified atom stereocenters. The number of rotatable bonds is 11. The highest BCUT2D eigenvalue weighted by molar-refractivity contribution is 5.88. The average Bonchev–Trinajstić information content (AvgIpc) is 3.21. The van der Waals surface area contributed by atoms with E-state index in [9.17, 15) is 5.11 Å². The van der Waals surface area contributed by atoms with Gasteiger partial charge in [-0.05, 0) is 30.3 Å². The summed E-state index contributed by atoms with van der Waals surface area (Å²) in [4.78, 5) is 3.14. The third-order valence-electron chi connectivity index (χ3n) is 4.27. The number of methoxy groups -OCH3 is 2. The molecule has 2 aromatic carbocycles. The second-order valence-electron chi connectivity index (χ2n) is 6.20. The van der Waals surface area contributed by atoms with Crippen LogP contribution < -0.4 is 24.3 Å². The molecule has 0 amide bonds. The Morgan fingerprint density at radius 3 is 2.54 bits per heavy atom. The van der Waals surface area contributed by atoms with Gasteiger partial charge in [-0.1, -0.05) is 12.1 Å². The predicted octanol–water partition coefficient (Wildman–Crippen LogP) is 2.59.